The molecule has 0 aromatic rings. The smallest absolute Gasteiger partial charge is 0.236 e. The van der Waals surface area contributed by atoms with Crippen molar-refractivity contribution in [3.8, 4) is 0 Å². The summed E-state index contributed by atoms with van der Waals surface area (Å²) < 4.78 is 0. The molecule has 94 valence electrons. The molecule has 0 saturated heterocycles. The third-order valence-corrected chi connectivity index (χ3v) is 3.47. The zero-order valence-electron chi connectivity index (χ0n) is 10.7. The minimum Gasteiger partial charge on any atom is -0.355 e. The van der Waals surface area contributed by atoms with Crippen LogP contribution in [-0.2, 0) is 4.79 Å². The third-order valence-electron chi connectivity index (χ3n) is 3.47. The molecule has 0 aromatic carbocycles. The predicted octanol–water partition coefficient (Wildman–Crippen LogP) is 2.07. The maximum atomic E-state index is 11.5. The van der Waals surface area contributed by atoms with Gasteiger partial charge in [0.1, 0.15) is 0 Å². The van der Waals surface area contributed by atoms with Gasteiger partial charge in [-0.3, -0.25) is 4.79 Å². The van der Waals surface area contributed by atoms with Crippen LogP contribution in [0.1, 0.15) is 52.4 Å². The second-order valence-corrected chi connectivity index (χ2v) is 4.86. The Morgan fingerprint density at radius 2 is 2.00 bits per heavy atom. The largest absolute Gasteiger partial charge is 0.355 e. The van der Waals surface area contributed by atoms with E-state index in [4.69, 9.17) is 0 Å². The molecule has 0 aliphatic heterocycles. The van der Waals surface area contributed by atoms with E-state index in [1.54, 1.807) is 0 Å². The molecular weight excluding hydrogens is 200 g/mol. The van der Waals surface area contributed by atoms with Gasteiger partial charge in [-0.1, -0.05) is 32.1 Å². The summed E-state index contributed by atoms with van der Waals surface area (Å²) >= 11 is 0. The number of nitrogens with one attached hydrogen (secondary N) is 2. The lowest BCUT2D eigenvalue weighted by molar-refractivity contribution is -0.122. The van der Waals surface area contributed by atoms with Crippen LogP contribution in [-0.4, -0.2) is 25.0 Å². The quantitative estimate of drug-likeness (QED) is 0.728. The van der Waals surface area contributed by atoms with Crippen molar-refractivity contribution in [2.45, 2.75) is 58.4 Å². The fraction of sp³-hybridized carbons (Fsp3) is 0.923. The van der Waals surface area contributed by atoms with E-state index in [1.165, 1.54) is 38.5 Å². The van der Waals surface area contributed by atoms with Crippen molar-refractivity contribution in [2.24, 2.45) is 5.92 Å². The van der Waals surface area contributed by atoms with E-state index < -0.39 is 0 Å². The van der Waals surface area contributed by atoms with Gasteiger partial charge in [-0.25, -0.2) is 0 Å². The lowest BCUT2D eigenvalue weighted by Gasteiger charge is -2.22. The van der Waals surface area contributed by atoms with Crippen molar-refractivity contribution in [2.75, 3.05) is 13.1 Å². The Labute approximate surface area is 99.4 Å². The maximum Gasteiger partial charge on any atom is 0.236 e. The van der Waals surface area contributed by atoms with Crippen LogP contribution in [0, 0.1) is 5.92 Å². The molecule has 0 bridgehead atoms. The topological polar surface area (TPSA) is 41.1 Å². The third kappa shape index (κ3) is 4.97. The fourth-order valence-corrected chi connectivity index (χ4v) is 2.40. The Morgan fingerprint density at radius 3 is 2.62 bits per heavy atom. The first-order chi connectivity index (χ1) is 7.74. The van der Waals surface area contributed by atoms with Gasteiger partial charge in [0.15, 0.2) is 0 Å². The summed E-state index contributed by atoms with van der Waals surface area (Å²) in [6, 6.07) is -0.0523. The Bertz CT molecular complexity index is 200. The molecule has 2 N–H and O–H groups in total. The molecule has 1 amide bonds. The van der Waals surface area contributed by atoms with E-state index in [0.29, 0.717) is 6.54 Å². The van der Waals surface area contributed by atoms with E-state index in [1.807, 2.05) is 13.8 Å². The van der Waals surface area contributed by atoms with Crippen LogP contribution in [0.2, 0.25) is 0 Å². The van der Waals surface area contributed by atoms with Gasteiger partial charge in [0.05, 0.1) is 6.04 Å². The lowest BCUT2D eigenvalue weighted by atomic mass is 9.87. The molecular formula is C13H26N2O. The van der Waals surface area contributed by atoms with Crippen LogP contribution >= 0.6 is 0 Å². The average Bonchev–Trinajstić information content (AvgIpc) is 2.30. The molecule has 0 heterocycles. The summed E-state index contributed by atoms with van der Waals surface area (Å²) in [6.07, 6.45) is 8.21. The molecule has 1 rings (SSSR count). The molecule has 1 aliphatic carbocycles. The van der Waals surface area contributed by atoms with Crippen molar-refractivity contribution < 1.29 is 4.79 Å². The van der Waals surface area contributed by atoms with Crippen LogP contribution in [0.25, 0.3) is 0 Å². The number of hydrogen-bond acceptors (Lipinski definition) is 2. The maximum absolute atomic E-state index is 11.5. The van der Waals surface area contributed by atoms with Crippen molar-refractivity contribution in [1.82, 2.24) is 10.6 Å². The predicted molar refractivity (Wildman–Crippen MR) is 67.3 cm³/mol. The van der Waals surface area contributed by atoms with Gasteiger partial charge in [0.2, 0.25) is 5.91 Å². The Hall–Kier alpha value is -0.570. The SMILES string of the molecule is CCNC(=O)C(C)NCCC1CCCCC1. The number of rotatable bonds is 6. The van der Waals surface area contributed by atoms with E-state index in [9.17, 15) is 4.79 Å². The molecule has 3 nitrogen and oxygen atoms in total. The van der Waals surface area contributed by atoms with E-state index >= 15 is 0 Å². The van der Waals surface area contributed by atoms with Crippen LogP contribution < -0.4 is 10.6 Å². The Morgan fingerprint density at radius 1 is 1.31 bits per heavy atom. The number of carbonyl (C=O) groups is 1. The van der Waals surface area contributed by atoms with Gasteiger partial charge in [-0.15, -0.1) is 0 Å². The fourth-order valence-electron chi connectivity index (χ4n) is 2.40. The summed E-state index contributed by atoms with van der Waals surface area (Å²) in [4.78, 5) is 11.5. The van der Waals surface area contributed by atoms with Crippen molar-refractivity contribution in [3.05, 3.63) is 0 Å². The summed E-state index contributed by atoms with van der Waals surface area (Å²) in [5, 5.41) is 6.13. The molecule has 1 saturated carbocycles. The molecule has 1 aliphatic rings. The van der Waals surface area contributed by atoms with Crippen LogP contribution in [0.3, 0.4) is 0 Å². The second-order valence-electron chi connectivity index (χ2n) is 4.86. The molecule has 0 spiro atoms. The minimum absolute atomic E-state index is 0.0523. The highest BCUT2D eigenvalue weighted by Crippen LogP contribution is 2.25. The van der Waals surface area contributed by atoms with Gasteiger partial charge >= 0.3 is 0 Å². The van der Waals surface area contributed by atoms with Gasteiger partial charge in [-0.2, -0.15) is 0 Å². The highest BCUT2D eigenvalue weighted by atomic mass is 16.2. The molecule has 0 radical (unpaired) electrons. The van der Waals surface area contributed by atoms with Crippen LogP contribution in [0.4, 0.5) is 0 Å². The first-order valence-corrected chi connectivity index (χ1v) is 6.75. The normalized spacial score (nSPS) is 19.4. The summed E-state index contributed by atoms with van der Waals surface area (Å²) in [5.74, 6) is 1.01. The lowest BCUT2D eigenvalue weighted by Crippen LogP contribution is -2.42. The first kappa shape index (κ1) is 13.5. The highest BCUT2D eigenvalue weighted by Gasteiger charge is 2.14. The zero-order valence-corrected chi connectivity index (χ0v) is 10.7. The van der Waals surface area contributed by atoms with Crippen LogP contribution in [0.15, 0.2) is 0 Å². The summed E-state index contributed by atoms with van der Waals surface area (Å²) in [7, 11) is 0. The zero-order chi connectivity index (χ0) is 11.8. The monoisotopic (exact) mass is 226 g/mol. The number of carbonyl (C=O) groups excluding carboxylic acids is 1. The number of likely N-dealkylation sites (N-methyl/N-ethyl adjacent to an activating group) is 1. The average molecular weight is 226 g/mol. The van der Waals surface area contributed by atoms with E-state index in [-0.39, 0.29) is 11.9 Å². The molecule has 0 aromatic heterocycles. The van der Waals surface area contributed by atoms with E-state index in [0.717, 1.165) is 12.5 Å². The molecule has 1 unspecified atom stereocenters. The standard InChI is InChI=1S/C13H26N2O/c1-3-14-13(16)11(2)15-10-9-12-7-5-4-6-8-12/h11-12,15H,3-10H2,1-2H3,(H,14,16). The van der Waals surface area contributed by atoms with Gasteiger partial charge in [0.25, 0.3) is 0 Å². The first-order valence-electron chi connectivity index (χ1n) is 6.75. The van der Waals surface area contributed by atoms with Gasteiger partial charge in [-0.05, 0) is 32.7 Å². The van der Waals surface area contributed by atoms with Gasteiger partial charge in [0, 0.05) is 6.54 Å². The molecule has 1 atom stereocenters. The summed E-state index contributed by atoms with van der Waals surface area (Å²) in [6.45, 7) is 5.58. The highest BCUT2D eigenvalue weighted by molar-refractivity contribution is 5.81. The van der Waals surface area contributed by atoms with Gasteiger partial charge < -0.3 is 10.6 Å². The molecule has 16 heavy (non-hydrogen) atoms. The van der Waals surface area contributed by atoms with Crippen molar-refractivity contribution in [1.29, 1.82) is 0 Å². The van der Waals surface area contributed by atoms with Crippen molar-refractivity contribution >= 4 is 5.91 Å². The number of amides is 1. The summed E-state index contributed by atoms with van der Waals surface area (Å²) in [5.41, 5.74) is 0. The minimum atomic E-state index is -0.0523. The Balaban J connectivity index is 2.07. The van der Waals surface area contributed by atoms with Crippen molar-refractivity contribution in [3.63, 3.8) is 0 Å². The Kier molecular flexibility index (Phi) is 6.46. The molecule has 1 fully saturated rings. The second kappa shape index (κ2) is 7.66. The number of hydrogen-bond donors (Lipinski definition) is 2. The molecule has 3 heteroatoms. The van der Waals surface area contributed by atoms with Crippen LogP contribution in [0.5, 0.6) is 0 Å². The van der Waals surface area contributed by atoms with E-state index in [2.05, 4.69) is 10.6 Å².